The summed E-state index contributed by atoms with van der Waals surface area (Å²) in [6, 6.07) is 14.4. The molecule has 1 N–H and O–H groups in total. The fourth-order valence-electron chi connectivity index (χ4n) is 2.50. The molecule has 1 aliphatic rings. The first-order chi connectivity index (χ1) is 13.0. The van der Waals surface area contributed by atoms with Gasteiger partial charge in [-0.05, 0) is 54.6 Å². The lowest BCUT2D eigenvalue weighted by Crippen LogP contribution is -2.36. The third-order valence-corrected chi connectivity index (χ3v) is 4.81. The minimum Gasteiger partial charge on any atom is -0.497 e. The third-order valence-electron chi connectivity index (χ3n) is 3.90. The monoisotopic (exact) mass is 382 g/mol. The Balaban J connectivity index is 1.69. The van der Waals surface area contributed by atoms with Crippen LogP contribution in [0.4, 0.5) is 10.5 Å². The van der Waals surface area contributed by atoms with Crippen molar-refractivity contribution in [2.24, 2.45) is 0 Å². The highest BCUT2D eigenvalue weighted by Crippen LogP contribution is 2.32. The van der Waals surface area contributed by atoms with E-state index in [0.717, 1.165) is 27.8 Å². The zero-order valence-electron chi connectivity index (χ0n) is 14.9. The summed E-state index contributed by atoms with van der Waals surface area (Å²) in [6.45, 7) is 1.62. The fraction of sp³-hybridized carbons (Fsp3) is 0.150. The van der Waals surface area contributed by atoms with Crippen LogP contribution in [0.2, 0.25) is 0 Å². The molecule has 0 aliphatic carbocycles. The lowest BCUT2D eigenvalue weighted by Gasteiger charge is -2.12. The highest BCUT2D eigenvalue weighted by atomic mass is 32.2. The number of carbonyl (C=O) groups is 3. The Bertz CT molecular complexity index is 922. The number of hydrogen-bond donors (Lipinski definition) is 1. The first kappa shape index (κ1) is 18.7. The van der Waals surface area contributed by atoms with Crippen LogP contribution in [0.1, 0.15) is 11.1 Å². The number of nitrogens with zero attached hydrogens (tertiary/aromatic N) is 1. The number of nitrogens with one attached hydrogen (secondary N) is 1. The first-order valence-electron chi connectivity index (χ1n) is 8.22. The van der Waals surface area contributed by atoms with Gasteiger partial charge in [-0.1, -0.05) is 29.8 Å². The number of imide groups is 1. The zero-order chi connectivity index (χ0) is 19.4. The SMILES string of the molecule is COc1cccc(C=C2SC(=O)N(CC(=O)Nc3ccc(C)cc3)C2=O)c1. The van der Waals surface area contributed by atoms with Crippen molar-refractivity contribution in [1.29, 1.82) is 0 Å². The molecule has 1 fully saturated rings. The normalized spacial score (nSPS) is 15.3. The van der Waals surface area contributed by atoms with E-state index in [1.165, 1.54) is 0 Å². The van der Waals surface area contributed by atoms with Gasteiger partial charge in [-0.2, -0.15) is 0 Å². The molecule has 0 bridgehead atoms. The molecule has 0 saturated carbocycles. The van der Waals surface area contributed by atoms with Crippen molar-refractivity contribution in [3.63, 3.8) is 0 Å². The van der Waals surface area contributed by atoms with E-state index in [1.54, 1.807) is 49.6 Å². The second kappa shape index (κ2) is 8.09. The highest BCUT2D eigenvalue weighted by Gasteiger charge is 2.36. The van der Waals surface area contributed by atoms with E-state index in [9.17, 15) is 14.4 Å². The Morgan fingerprint density at radius 1 is 1.19 bits per heavy atom. The quantitative estimate of drug-likeness (QED) is 0.799. The molecule has 2 aromatic carbocycles. The summed E-state index contributed by atoms with van der Waals surface area (Å²) in [5, 5.41) is 2.22. The van der Waals surface area contributed by atoms with Gasteiger partial charge < -0.3 is 10.1 Å². The van der Waals surface area contributed by atoms with E-state index in [1.807, 2.05) is 19.1 Å². The van der Waals surface area contributed by atoms with Crippen molar-refractivity contribution in [2.75, 3.05) is 19.0 Å². The smallest absolute Gasteiger partial charge is 0.294 e. The lowest BCUT2D eigenvalue weighted by molar-refractivity contribution is -0.127. The summed E-state index contributed by atoms with van der Waals surface area (Å²) in [4.78, 5) is 38.1. The van der Waals surface area contributed by atoms with Crippen LogP contribution in [0.3, 0.4) is 0 Å². The molecule has 1 heterocycles. The van der Waals surface area contributed by atoms with Gasteiger partial charge in [-0.3, -0.25) is 19.3 Å². The number of anilines is 1. The molecule has 3 amide bonds. The number of aryl methyl sites for hydroxylation is 1. The number of benzene rings is 2. The van der Waals surface area contributed by atoms with Crippen LogP contribution >= 0.6 is 11.8 Å². The molecule has 0 atom stereocenters. The Labute approximate surface area is 161 Å². The molecule has 27 heavy (non-hydrogen) atoms. The molecule has 6 nitrogen and oxygen atoms in total. The fourth-order valence-corrected chi connectivity index (χ4v) is 3.34. The van der Waals surface area contributed by atoms with Gasteiger partial charge in [-0.25, -0.2) is 0 Å². The average molecular weight is 382 g/mol. The van der Waals surface area contributed by atoms with Gasteiger partial charge >= 0.3 is 0 Å². The van der Waals surface area contributed by atoms with Gasteiger partial charge in [0.15, 0.2) is 0 Å². The standard InChI is InChI=1S/C20H18N2O4S/c1-13-6-8-15(9-7-13)21-18(23)12-22-19(24)17(27-20(22)25)11-14-4-3-5-16(10-14)26-2/h3-11H,12H2,1-2H3,(H,21,23). The van der Waals surface area contributed by atoms with Crippen LogP contribution in [0.15, 0.2) is 53.4 Å². The molecule has 1 saturated heterocycles. The van der Waals surface area contributed by atoms with Crippen LogP contribution in [0.25, 0.3) is 6.08 Å². The van der Waals surface area contributed by atoms with Crippen molar-refractivity contribution in [1.82, 2.24) is 4.90 Å². The summed E-state index contributed by atoms with van der Waals surface area (Å²) in [5.74, 6) is -0.254. The number of hydrogen-bond acceptors (Lipinski definition) is 5. The van der Waals surface area contributed by atoms with Crippen LogP contribution in [-0.4, -0.2) is 35.6 Å². The molecular formula is C20H18N2O4S. The molecule has 0 unspecified atom stereocenters. The number of ether oxygens (including phenoxy) is 1. The zero-order valence-corrected chi connectivity index (χ0v) is 15.7. The molecule has 2 aromatic rings. The van der Waals surface area contributed by atoms with Crippen molar-refractivity contribution in [3.8, 4) is 5.75 Å². The maximum absolute atomic E-state index is 12.5. The number of amides is 3. The molecule has 138 valence electrons. The Morgan fingerprint density at radius 2 is 1.93 bits per heavy atom. The minimum absolute atomic E-state index is 0.274. The minimum atomic E-state index is -0.480. The Kier molecular flexibility index (Phi) is 5.61. The third kappa shape index (κ3) is 4.57. The number of carbonyl (C=O) groups excluding carboxylic acids is 3. The molecule has 3 rings (SSSR count). The van der Waals surface area contributed by atoms with E-state index in [2.05, 4.69) is 5.32 Å². The number of rotatable bonds is 5. The molecule has 0 radical (unpaired) electrons. The second-order valence-electron chi connectivity index (χ2n) is 5.96. The Morgan fingerprint density at radius 3 is 2.63 bits per heavy atom. The predicted molar refractivity (Wildman–Crippen MR) is 105 cm³/mol. The topological polar surface area (TPSA) is 75.7 Å². The molecule has 1 aliphatic heterocycles. The van der Waals surface area contributed by atoms with Crippen molar-refractivity contribution in [2.45, 2.75) is 6.92 Å². The maximum Gasteiger partial charge on any atom is 0.294 e. The van der Waals surface area contributed by atoms with Crippen molar-refractivity contribution < 1.29 is 19.1 Å². The summed E-state index contributed by atoms with van der Waals surface area (Å²) in [6.07, 6.45) is 1.62. The van der Waals surface area contributed by atoms with Gasteiger partial charge in [0.1, 0.15) is 12.3 Å². The van der Waals surface area contributed by atoms with E-state index in [4.69, 9.17) is 4.74 Å². The largest absolute Gasteiger partial charge is 0.497 e. The number of thioether (sulfide) groups is 1. The van der Waals surface area contributed by atoms with Crippen LogP contribution in [0, 0.1) is 6.92 Å². The predicted octanol–water partition coefficient (Wildman–Crippen LogP) is 3.68. The van der Waals surface area contributed by atoms with Gasteiger partial charge in [0.05, 0.1) is 12.0 Å². The van der Waals surface area contributed by atoms with Crippen LogP contribution in [-0.2, 0) is 9.59 Å². The van der Waals surface area contributed by atoms with Gasteiger partial charge in [0.2, 0.25) is 5.91 Å². The lowest BCUT2D eigenvalue weighted by atomic mass is 10.2. The molecule has 0 spiro atoms. The summed E-state index contributed by atoms with van der Waals surface area (Å²) >= 11 is 0.818. The first-order valence-corrected chi connectivity index (χ1v) is 9.04. The van der Waals surface area contributed by atoms with Crippen LogP contribution in [0.5, 0.6) is 5.75 Å². The van der Waals surface area contributed by atoms with E-state index < -0.39 is 17.1 Å². The summed E-state index contributed by atoms with van der Waals surface area (Å²) in [7, 11) is 1.56. The molecular weight excluding hydrogens is 364 g/mol. The summed E-state index contributed by atoms with van der Waals surface area (Å²) in [5.41, 5.74) is 2.43. The van der Waals surface area contributed by atoms with E-state index in [-0.39, 0.29) is 11.4 Å². The van der Waals surface area contributed by atoms with Crippen LogP contribution < -0.4 is 10.1 Å². The van der Waals surface area contributed by atoms with Gasteiger partial charge in [0.25, 0.3) is 11.1 Å². The number of methoxy groups -OCH3 is 1. The summed E-state index contributed by atoms with van der Waals surface area (Å²) < 4.78 is 5.15. The Hall–Kier alpha value is -3.06. The molecule has 7 heteroatoms. The second-order valence-corrected chi connectivity index (χ2v) is 6.95. The van der Waals surface area contributed by atoms with Gasteiger partial charge in [-0.15, -0.1) is 0 Å². The maximum atomic E-state index is 12.5. The van der Waals surface area contributed by atoms with E-state index in [0.29, 0.717) is 11.4 Å². The average Bonchev–Trinajstić information content (AvgIpc) is 2.91. The van der Waals surface area contributed by atoms with Crippen molar-refractivity contribution >= 4 is 40.6 Å². The van der Waals surface area contributed by atoms with Crippen molar-refractivity contribution in [3.05, 3.63) is 64.6 Å². The van der Waals surface area contributed by atoms with E-state index >= 15 is 0 Å². The molecule has 0 aromatic heterocycles. The van der Waals surface area contributed by atoms with Gasteiger partial charge in [0, 0.05) is 5.69 Å². The highest BCUT2D eigenvalue weighted by molar-refractivity contribution is 8.18.